The minimum atomic E-state index is -0.0631. The van der Waals surface area contributed by atoms with E-state index in [0.717, 1.165) is 18.1 Å². The highest BCUT2D eigenvalue weighted by molar-refractivity contribution is 5.96. The van der Waals surface area contributed by atoms with Gasteiger partial charge in [0.15, 0.2) is 5.82 Å². The van der Waals surface area contributed by atoms with E-state index in [1.807, 2.05) is 34.7 Å². The standard InChI is InChI=1S/C21H23N5O2/c1-2-28-20-17(9-6-11-22-20)21(27)25-12-10-19-23-18(24-26(19)14-13-25)15-16-7-4-3-5-8-16/h3-9,11H,2,10,12-15H2,1H3. The largest absolute Gasteiger partial charge is 0.477 e. The third-order valence-corrected chi connectivity index (χ3v) is 4.75. The van der Waals surface area contributed by atoms with Gasteiger partial charge in [0, 0.05) is 32.1 Å². The van der Waals surface area contributed by atoms with Crippen molar-refractivity contribution in [1.82, 2.24) is 24.6 Å². The van der Waals surface area contributed by atoms with E-state index < -0.39 is 0 Å². The molecule has 1 aliphatic rings. The number of carbonyl (C=O) groups is 1. The Bertz CT molecular complexity index is 929. The highest BCUT2D eigenvalue weighted by Gasteiger charge is 2.24. The Balaban J connectivity index is 1.45. The predicted molar refractivity (Wildman–Crippen MR) is 104 cm³/mol. The van der Waals surface area contributed by atoms with Crippen LogP contribution in [0.15, 0.2) is 48.7 Å². The molecule has 1 aliphatic heterocycles. The fourth-order valence-electron chi connectivity index (χ4n) is 3.38. The quantitative estimate of drug-likeness (QED) is 0.682. The Hall–Kier alpha value is -3.22. The van der Waals surface area contributed by atoms with Crippen LogP contribution in [0.4, 0.5) is 0 Å². The molecule has 1 aromatic carbocycles. The van der Waals surface area contributed by atoms with Gasteiger partial charge in [-0.25, -0.2) is 14.6 Å². The molecule has 0 atom stereocenters. The van der Waals surface area contributed by atoms with Crippen molar-refractivity contribution in [2.45, 2.75) is 26.3 Å². The number of ether oxygens (including phenoxy) is 1. The first-order chi connectivity index (χ1) is 13.7. The topological polar surface area (TPSA) is 73.1 Å². The van der Waals surface area contributed by atoms with Crippen LogP contribution >= 0.6 is 0 Å². The van der Waals surface area contributed by atoms with Crippen LogP contribution in [0.2, 0.25) is 0 Å². The Morgan fingerprint density at radius 3 is 2.79 bits per heavy atom. The molecule has 0 aliphatic carbocycles. The van der Waals surface area contributed by atoms with Gasteiger partial charge in [-0.2, -0.15) is 5.10 Å². The molecule has 28 heavy (non-hydrogen) atoms. The maximum Gasteiger partial charge on any atom is 0.259 e. The predicted octanol–water partition coefficient (Wildman–Crippen LogP) is 2.36. The first kappa shape index (κ1) is 18.2. The zero-order valence-electron chi connectivity index (χ0n) is 15.9. The lowest BCUT2D eigenvalue weighted by Gasteiger charge is -2.20. The molecule has 4 rings (SSSR count). The van der Waals surface area contributed by atoms with Crippen LogP contribution in [0.1, 0.15) is 34.5 Å². The molecular weight excluding hydrogens is 354 g/mol. The number of carbonyl (C=O) groups excluding carboxylic acids is 1. The monoisotopic (exact) mass is 377 g/mol. The first-order valence-corrected chi connectivity index (χ1v) is 9.58. The molecule has 3 aromatic rings. The summed E-state index contributed by atoms with van der Waals surface area (Å²) >= 11 is 0. The van der Waals surface area contributed by atoms with E-state index >= 15 is 0 Å². The smallest absolute Gasteiger partial charge is 0.259 e. The number of amides is 1. The number of benzene rings is 1. The third kappa shape index (κ3) is 3.88. The summed E-state index contributed by atoms with van der Waals surface area (Å²) in [6, 6.07) is 13.7. The van der Waals surface area contributed by atoms with Gasteiger partial charge in [-0.3, -0.25) is 4.79 Å². The minimum absolute atomic E-state index is 0.0631. The highest BCUT2D eigenvalue weighted by atomic mass is 16.5. The second kappa shape index (κ2) is 8.21. The number of fused-ring (bicyclic) bond motifs is 1. The van der Waals surface area contributed by atoms with Gasteiger partial charge < -0.3 is 9.64 Å². The van der Waals surface area contributed by atoms with Crippen molar-refractivity contribution < 1.29 is 9.53 Å². The van der Waals surface area contributed by atoms with Gasteiger partial charge in [0.25, 0.3) is 5.91 Å². The summed E-state index contributed by atoms with van der Waals surface area (Å²) in [6.07, 6.45) is 3.03. The third-order valence-electron chi connectivity index (χ3n) is 4.75. The second-order valence-electron chi connectivity index (χ2n) is 6.66. The van der Waals surface area contributed by atoms with Gasteiger partial charge in [0.2, 0.25) is 5.88 Å². The Labute approximate surface area is 164 Å². The van der Waals surface area contributed by atoms with Crippen LogP contribution in [0.25, 0.3) is 0 Å². The zero-order chi connectivity index (χ0) is 19.3. The van der Waals surface area contributed by atoms with Crippen molar-refractivity contribution in [3.8, 4) is 5.88 Å². The molecule has 0 saturated carbocycles. The maximum absolute atomic E-state index is 13.0. The van der Waals surface area contributed by atoms with Crippen LogP contribution in [0.3, 0.4) is 0 Å². The Morgan fingerprint density at radius 2 is 1.96 bits per heavy atom. The fraction of sp³-hybridized carbons (Fsp3) is 0.333. The maximum atomic E-state index is 13.0. The lowest BCUT2D eigenvalue weighted by atomic mass is 10.1. The highest BCUT2D eigenvalue weighted by Crippen LogP contribution is 2.18. The van der Waals surface area contributed by atoms with Crippen molar-refractivity contribution in [3.63, 3.8) is 0 Å². The number of rotatable bonds is 5. The zero-order valence-corrected chi connectivity index (χ0v) is 15.9. The molecular formula is C21H23N5O2. The van der Waals surface area contributed by atoms with E-state index in [-0.39, 0.29) is 5.91 Å². The van der Waals surface area contributed by atoms with Crippen LogP contribution in [0, 0.1) is 0 Å². The van der Waals surface area contributed by atoms with Crippen LogP contribution in [-0.4, -0.2) is 50.3 Å². The number of hydrogen-bond acceptors (Lipinski definition) is 5. The summed E-state index contributed by atoms with van der Waals surface area (Å²) in [5.74, 6) is 2.08. The average molecular weight is 377 g/mol. The van der Waals surface area contributed by atoms with Crippen LogP contribution < -0.4 is 4.74 Å². The molecule has 7 heteroatoms. The summed E-state index contributed by atoms with van der Waals surface area (Å²) in [7, 11) is 0. The van der Waals surface area contributed by atoms with E-state index in [9.17, 15) is 4.79 Å². The van der Waals surface area contributed by atoms with E-state index in [4.69, 9.17) is 9.72 Å². The van der Waals surface area contributed by atoms with Crippen molar-refractivity contribution in [3.05, 3.63) is 71.4 Å². The lowest BCUT2D eigenvalue weighted by molar-refractivity contribution is 0.0753. The van der Waals surface area contributed by atoms with E-state index in [1.54, 1.807) is 18.3 Å². The Kier molecular flexibility index (Phi) is 5.32. The summed E-state index contributed by atoms with van der Waals surface area (Å²) in [5.41, 5.74) is 1.70. The SMILES string of the molecule is CCOc1ncccc1C(=O)N1CCc2nc(Cc3ccccc3)nn2CC1. The normalized spacial score (nSPS) is 13.7. The molecule has 1 amide bonds. The molecule has 0 unspecified atom stereocenters. The summed E-state index contributed by atoms with van der Waals surface area (Å²) < 4.78 is 7.44. The molecule has 3 heterocycles. The van der Waals surface area contributed by atoms with Crippen molar-refractivity contribution in [2.24, 2.45) is 0 Å². The molecule has 2 aromatic heterocycles. The van der Waals surface area contributed by atoms with E-state index in [2.05, 4.69) is 22.2 Å². The van der Waals surface area contributed by atoms with E-state index in [0.29, 0.717) is 44.1 Å². The number of pyridine rings is 1. The van der Waals surface area contributed by atoms with Gasteiger partial charge in [-0.15, -0.1) is 0 Å². The van der Waals surface area contributed by atoms with Gasteiger partial charge >= 0.3 is 0 Å². The molecule has 7 nitrogen and oxygen atoms in total. The lowest BCUT2D eigenvalue weighted by Crippen LogP contribution is -2.34. The van der Waals surface area contributed by atoms with E-state index in [1.165, 1.54) is 5.56 Å². The average Bonchev–Trinajstić information content (AvgIpc) is 2.99. The number of nitrogens with zero attached hydrogens (tertiary/aromatic N) is 5. The van der Waals surface area contributed by atoms with Crippen LogP contribution in [0.5, 0.6) is 5.88 Å². The minimum Gasteiger partial charge on any atom is -0.477 e. The summed E-state index contributed by atoms with van der Waals surface area (Å²) in [5, 5.41) is 4.65. The molecule has 0 N–H and O–H groups in total. The van der Waals surface area contributed by atoms with Crippen molar-refractivity contribution in [2.75, 3.05) is 19.7 Å². The van der Waals surface area contributed by atoms with Gasteiger partial charge in [-0.1, -0.05) is 30.3 Å². The van der Waals surface area contributed by atoms with Crippen molar-refractivity contribution >= 4 is 5.91 Å². The second-order valence-corrected chi connectivity index (χ2v) is 6.66. The van der Waals surface area contributed by atoms with Crippen molar-refractivity contribution in [1.29, 1.82) is 0 Å². The first-order valence-electron chi connectivity index (χ1n) is 9.58. The van der Waals surface area contributed by atoms with Crippen LogP contribution in [-0.2, 0) is 19.4 Å². The molecule has 0 spiro atoms. The van der Waals surface area contributed by atoms with Gasteiger partial charge in [-0.05, 0) is 24.6 Å². The molecule has 144 valence electrons. The number of aromatic nitrogens is 4. The summed E-state index contributed by atoms with van der Waals surface area (Å²) in [4.78, 5) is 23.7. The molecule has 0 radical (unpaired) electrons. The number of hydrogen-bond donors (Lipinski definition) is 0. The summed E-state index contributed by atoms with van der Waals surface area (Å²) in [6.45, 7) is 4.17. The van der Waals surface area contributed by atoms with Gasteiger partial charge in [0.1, 0.15) is 11.4 Å². The molecule has 0 bridgehead atoms. The molecule has 0 fully saturated rings. The fourth-order valence-corrected chi connectivity index (χ4v) is 3.38. The molecule has 0 saturated heterocycles. The van der Waals surface area contributed by atoms with Gasteiger partial charge in [0.05, 0.1) is 13.2 Å². The Morgan fingerprint density at radius 1 is 1.11 bits per heavy atom.